The largest absolute Gasteiger partial charge is 0.462 e. The fraction of sp³-hybridized carbons (Fsp3) is 0.350. The van der Waals surface area contributed by atoms with E-state index in [1.54, 1.807) is 44.2 Å². The lowest BCUT2D eigenvalue weighted by atomic mass is 10.1. The van der Waals surface area contributed by atoms with Gasteiger partial charge in [-0.3, -0.25) is 4.79 Å². The highest BCUT2D eigenvalue weighted by Gasteiger charge is 2.24. The van der Waals surface area contributed by atoms with Crippen molar-refractivity contribution in [2.24, 2.45) is 0 Å². The highest BCUT2D eigenvalue weighted by atomic mass is 32.1. The minimum atomic E-state index is -1.47. The molecule has 28 heavy (non-hydrogen) atoms. The number of carbonyl (C=O) groups excluding carboxylic acids is 3. The number of rotatable bonds is 8. The van der Waals surface area contributed by atoms with Crippen LogP contribution < -0.4 is 5.32 Å². The van der Waals surface area contributed by atoms with Gasteiger partial charge in [-0.15, -0.1) is 11.3 Å². The number of nitrogens with one attached hydrogen (secondary N) is 1. The standard InChI is InChI=1S/C20H23NO6S/c1-4-14-12(3)16(19(24)26-5-2)18(28-14)21-15(22)11-27-20(25)17(23)13-9-7-6-8-10-13/h6-10,17,23H,4-5,11H2,1-3H3,(H,21,22)/t17-/m1/s1. The van der Waals surface area contributed by atoms with Crippen LogP contribution in [0.3, 0.4) is 0 Å². The fourth-order valence-corrected chi connectivity index (χ4v) is 3.73. The number of anilines is 1. The van der Waals surface area contributed by atoms with E-state index in [0.717, 1.165) is 10.4 Å². The van der Waals surface area contributed by atoms with Gasteiger partial charge in [0.2, 0.25) is 0 Å². The van der Waals surface area contributed by atoms with E-state index in [-0.39, 0.29) is 6.61 Å². The molecule has 0 unspecified atom stereocenters. The predicted molar refractivity (Wildman–Crippen MR) is 105 cm³/mol. The number of ether oxygens (including phenoxy) is 2. The zero-order valence-electron chi connectivity index (χ0n) is 16.0. The average molecular weight is 405 g/mol. The van der Waals surface area contributed by atoms with Crippen LogP contribution in [0, 0.1) is 6.92 Å². The summed E-state index contributed by atoms with van der Waals surface area (Å²) in [7, 11) is 0. The summed E-state index contributed by atoms with van der Waals surface area (Å²) in [4.78, 5) is 37.3. The number of carbonyl (C=O) groups is 3. The lowest BCUT2D eigenvalue weighted by Crippen LogP contribution is -2.24. The first kappa shape index (κ1) is 21.6. The van der Waals surface area contributed by atoms with Gasteiger partial charge in [0.05, 0.1) is 12.2 Å². The van der Waals surface area contributed by atoms with Gasteiger partial charge in [0.25, 0.3) is 5.91 Å². The van der Waals surface area contributed by atoms with Crippen molar-refractivity contribution in [3.63, 3.8) is 0 Å². The molecule has 1 atom stereocenters. The zero-order valence-corrected chi connectivity index (χ0v) is 16.8. The Labute approximate surface area is 167 Å². The van der Waals surface area contributed by atoms with Crippen LogP contribution in [0.5, 0.6) is 0 Å². The molecule has 0 bridgehead atoms. The Morgan fingerprint density at radius 2 is 1.82 bits per heavy atom. The van der Waals surface area contributed by atoms with E-state index in [4.69, 9.17) is 9.47 Å². The van der Waals surface area contributed by atoms with Gasteiger partial charge < -0.3 is 19.9 Å². The van der Waals surface area contributed by atoms with E-state index in [0.29, 0.717) is 22.5 Å². The third-order valence-electron chi connectivity index (χ3n) is 3.98. The summed E-state index contributed by atoms with van der Waals surface area (Å²) >= 11 is 1.28. The summed E-state index contributed by atoms with van der Waals surface area (Å²) < 4.78 is 9.96. The number of aliphatic hydroxyl groups is 1. The third kappa shape index (κ3) is 5.17. The van der Waals surface area contributed by atoms with Crippen molar-refractivity contribution in [3.05, 3.63) is 51.9 Å². The molecule has 0 saturated carbocycles. The second-order valence-corrected chi connectivity index (χ2v) is 7.00. The summed E-state index contributed by atoms with van der Waals surface area (Å²) in [5.41, 5.74) is 1.45. The molecule has 1 heterocycles. The first-order valence-corrected chi connectivity index (χ1v) is 9.69. The molecule has 0 radical (unpaired) electrons. The summed E-state index contributed by atoms with van der Waals surface area (Å²) in [6.45, 7) is 5.09. The monoisotopic (exact) mass is 405 g/mol. The molecule has 2 aromatic rings. The summed E-state index contributed by atoms with van der Waals surface area (Å²) in [5.74, 6) is -2.05. The number of amides is 1. The average Bonchev–Trinajstić information content (AvgIpc) is 3.01. The van der Waals surface area contributed by atoms with Gasteiger partial charge in [0.15, 0.2) is 12.7 Å². The molecule has 2 N–H and O–H groups in total. The molecule has 1 amide bonds. The maximum absolute atomic E-state index is 12.2. The van der Waals surface area contributed by atoms with Crippen molar-refractivity contribution in [2.45, 2.75) is 33.3 Å². The molecular formula is C20H23NO6S. The van der Waals surface area contributed by atoms with Gasteiger partial charge in [0.1, 0.15) is 5.00 Å². The number of aryl methyl sites for hydroxylation is 1. The van der Waals surface area contributed by atoms with Crippen LogP contribution in [-0.4, -0.2) is 36.2 Å². The van der Waals surface area contributed by atoms with Gasteiger partial charge in [-0.25, -0.2) is 9.59 Å². The van der Waals surface area contributed by atoms with Gasteiger partial charge in [-0.1, -0.05) is 37.3 Å². The van der Waals surface area contributed by atoms with Crippen molar-refractivity contribution in [3.8, 4) is 0 Å². The fourth-order valence-electron chi connectivity index (χ4n) is 2.58. The second kappa shape index (κ2) is 10.0. The van der Waals surface area contributed by atoms with Crippen LogP contribution in [0.1, 0.15) is 46.3 Å². The van der Waals surface area contributed by atoms with Crippen LogP contribution >= 0.6 is 11.3 Å². The summed E-state index contributed by atoms with van der Waals surface area (Å²) in [5, 5.41) is 12.9. The molecule has 2 rings (SSSR count). The zero-order chi connectivity index (χ0) is 20.7. The molecule has 7 nitrogen and oxygen atoms in total. The van der Waals surface area contributed by atoms with E-state index >= 15 is 0 Å². The number of thiophene rings is 1. The lowest BCUT2D eigenvalue weighted by Gasteiger charge is -2.11. The highest BCUT2D eigenvalue weighted by molar-refractivity contribution is 7.17. The quantitative estimate of drug-likeness (QED) is 0.655. The molecule has 0 saturated heterocycles. The van der Waals surface area contributed by atoms with Crippen molar-refractivity contribution in [1.29, 1.82) is 0 Å². The van der Waals surface area contributed by atoms with Crippen LogP contribution in [-0.2, 0) is 25.5 Å². The highest BCUT2D eigenvalue weighted by Crippen LogP contribution is 2.34. The van der Waals surface area contributed by atoms with Gasteiger partial charge >= 0.3 is 11.9 Å². The van der Waals surface area contributed by atoms with E-state index in [1.165, 1.54) is 11.3 Å². The Hall–Kier alpha value is -2.71. The first-order chi connectivity index (χ1) is 13.4. The number of hydrogen-bond acceptors (Lipinski definition) is 7. The van der Waals surface area contributed by atoms with E-state index in [9.17, 15) is 19.5 Å². The van der Waals surface area contributed by atoms with E-state index < -0.39 is 30.6 Å². The molecule has 0 aliphatic rings. The van der Waals surface area contributed by atoms with Crippen molar-refractivity contribution in [2.75, 3.05) is 18.5 Å². The number of hydrogen-bond donors (Lipinski definition) is 2. The molecule has 150 valence electrons. The van der Waals surface area contributed by atoms with Crippen molar-refractivity contribution >= 4 is 34.2 Å². The predicted octanol–water partition coefficient (Wildman–Crippen LogP) is 3.01. The summed E-state index contributed by atoms with van der Waals surface area (Å²) in [6.07, 6.45) is -0.767. The Balaban J connectivity index is 2.03. The van der Waals surface area contributed by atoms with Crippen molar-refractivity contribution < 1.29 is 29.0 Å². The first-order valence-electron chi connectivity index (χ1n) is 8.87. The maximum atomic E-state index is 12.2. The number of esters is 2. The van der Waals surface area contributed by atoms with Gasteiger partial charge in [-0.2, -0.15) is 0 Å². The Morgan fingerprint density at radius 1 is 1.14 bits per heavy atom. The van der Waals surface area contributed by atoms with E-state index in [2.05, 4.69) is 5.32 Å². The van der Waals surface area contributed by atoms with Gasteiger partial charge in [-0.05, 0) is 31.4 Å². The topological polar surface area (TPSA) is 102 Å². The second-order valence-electron chi connectivity index (χ2n) is 5.90. The van der Waals surface area contributed by atoms with Crippen LogP contribution in [0.25, 0.3) is 0 Å². The van der Waals surface area contributed by atoms with Crippen molar-refractivity contribution in [1.82, 2.24) is 0 Å². The normalized spacial score (nSPS) is 11.6. The molecule has 1 aromatic heterocycles. The lowest BCUT2D eigenvalue weighted by molar-refractivity contribution is -0.156. The Kier molecular flexibility index (Phi) is 7.71. The van der Waals surface area contributed by atoms with Crippen LogP contribution in [0.4, 0.5) is 5.00 Å². The minimum Gasteiger partial charge on any atom is -0.462 e. The minimum absolute atomic E-state index is 0.220. The molecule has 0 aliphatic heterocycles. The molecule has 8 heteroatoms. The Morgan fingerprint density at radius 3 is 2.43 bits per heavy atom. The molecular weight excluding hydrogens is 382 g/mol. The summed E-state index contributed by atoms with van der Waals surface area (Å²) in [6, 6.07) is 8.28. The van der Waals surface area contributed by atoms with Crippen LogP contribution in [0.2, 0.25) is 0 Å². The van der Waals surface area contributed by atoms with Gasteiger partial charge in [0, 0.05) is 4.88 Å². The number of aliphatic hydroxyl groups excluding tert-OH is 1. The Bertz CT molecular complexity index is 846. The van der Waals surface area contributed by atoms with Crippen LogP contribution in [0.15, 0.2) is 30.3 Å². The molecule has 0 aliphatic carbocycles. The molecule has 0 spiro atoms. The molecule has 0 fully saturated rings. The maximum Gasteiger partial charge on any atom is 0.341 e. The molecule has 1 aromatic carbocycles. The number of benzene rings is 1. The third-order valence-corrected chi connectivity index (χ3v) is 5.33. The SMILES string of the molecule is CCOC(=O)c1c(NC(=O)COC(=O)[C@H](O)c2ccccc2)sc(CC)c1C. The van der Waals surface area contributed by atoms with E-state index in [1.807, 2.05) is 6.92 Å². The smallest absolute Gasteiger partial charge is 0.341 e.